The summed E-state index contributed by atoms with van der Waals surface area (Å²) in [6.07, 6.45) is 6.98. The van der Waals surface area contributed by atoms with Crippen molar-refractivity contribution in [1.82, 2.24) is 19.9 Å². The first kappa shape index (κ1) is 11.6. The zero-order valence-electron chi connectivity index (χ0n) is 10.6. The molecule has 3 aromatic rings. The van der Waals surface area contributed by atoms with E-state index in [-0.39, 0.29) is 0 Å². The minimum absolute atomic E-state index is 0.760. The van der Waals surface area contributed by atoms with Crippen LogP contribution >= 0.6 is 0 Å². The molecule has 0 amide bonds. The Balaban J connectivity index is 1.80. The molecular formula is C14H14N4O. The molecule has 0 unspecified atom stereocenters. The van der Waals surface area contributed by atoms with Crippen molar-refractivity contribution in [1.29, 1.82) is 0 Å². The molecule has 0 saturated heterocycles. The number of rotatable bonds is 4. The second-order valence-corrected chi connectivity index (χ2v) is 4.26. The third-order valence-corrected chi connectivity index (χ3v) is 3.09. The molecule has 0 radical (unpaired) electrons. The number of ether oxygens (including phenoxy) is 1. The van der Waals surface area contributed by atoms with Crippen molar-refractivity contribution in [3.8, 4) is 5.75 Å². The van der Waals surface area contributed by atoms with Gasteiger partial charge < -0.3 is 9.72 Å². The summed E-state index contributed by atoms with van der Waals surface area (Å²) < 4.78 is 5.20. The van der Waals surface area contributed by atoms with E-state index in [0.29, 0.717) is 0 Å². The quantitative estimate of drug-likeness (QED) is 0.774. The number of pyridine rings is 2. The Labute approximate surface area is 110 Å². The number of aryl methyl sites for hydroxylation is 2. The Morgan fingerprint density at radius 2 is 2.00 bits per heavy atom. The lowest BCUT2D eigenvalue weighted by Crippen LogP contribution is -1.96. The van der Waals surface area contributed by atoms with Crippen molar-refractivity contribution >= 4 is 11.2 Å². The maximum atomic E-state index is 5.20. The number of imidazole rings is 1. The second-order valence-electron chi connectivity index (χ2n) is 4.26. The molecule has 96 valence electrons. The first-order valence-electron chi connectivity index (χ1n) is 6.12. The predicted octanol–water partition coefficient (Wildman–Crippen LogP) is 2.15. The van der Waals surface area contributed by atoms with Gasteiger partial charge in [0.1, 0.15) is 5.75 Å². The van der Waals surface area contributed by atoms with Gasteiger partial charge in [0.05, 0.1) is 19.0 Å². The van der Waals surface area contributed by atoms with E-state index in [2.05, 4.69) is 19.9 Å². The van der Waals surface area contributed by atoms with Gasteiger partial charge in [0.25, 0.3) is 0 Å². The van der Waals surface area contributed by atoms with Crippen LogP contribution < -0.4 is 4.74 Å². The fraction of sp³-hybridized carbons (Fsp3) is 0.214. The molecular weight excluding hydrogens is 240 g/mol. The molecule has 0 aliphatic rings. The smallest absolute Gasteiger partial charge is 0.177 e. The predicted molar refractivity (Wildman–Crippen MR) is 72.1 cm³/mol. The van der Waals surface area contributed by atoms with E-state index >= 15 is 0 Å². The minimum Gasteiger partial charge on any atom is -0.497 e. The summed E-state index contributed by atoms with van der Waals surface area (Å²) in [5, 5.41) is 0. The largest absolute Gasteiger partial charge is 0.497 e. The van der Waals surface area contributed by atoms with Crippen LogP contribution in [0.1, 0.15) is 11.3 Å². The Morgan fingerprint density at radius 1 is 1.11 bits per heavy atom. The van der Waals surface area contributed by atoms with Gasteiger partial charge in [-0.15, -0.1) is 0 Å². The number of nitrogens with zero attached hydrogens (tertiary/aromatic N) is 3. The van der Waals surface area contributed by atoms with Gasteiger partial charge >= 0.3 is 0 Å². The van der Waals surface area contributed by atoms with Crippen LogP contribution in [0.5, 0.6) is 5.75 Å². The number of H-pyrrole nitrogens is 1. The number of hydrogen-bond acceptors (Lipinski definition) is 4. The Morgan fingerprint density at radius 3 is 2.89 bits per heavy atom. The highest BCUT2D eigenvalue weighted by molar-refractivity contribution is 5.73. The van der Waals surface area contributed by atoms with E-state index in [1.54, 1.807) is 25.8 Å². The minimum atomic E-state index is 0.760. The molecule has 1 N–H and O–H groups in total. The van der Waals surface area contributed by atoms with Crippen molar-refractivity contribution < 1.29 is 4.74 Å². The molecule has 3 aromatic heterocycles. The van der Waals surface area contributed by atoms with Gasteiger partial charge in [0.15, 0.2) is 5.65 Å². The summed E-state index contributed by atoms with van der Waals surface area (Å²) in [5.74, 6) is 0.839. The molecule has 0 aromatic carbocycles. The standard InChI is InChI=1S/C14H14N4O/c1-19-12-5-7-15-11(8-12)3-2-10-4-6-16-14-13(10)17-9-18-14/h4-9H,2-3H2,1H3,(H,16,17,18). The fourth-order valence-electron chi connectivity index (χ4n) is 2.09. The van der Waals surface area contributed by atoms with Gasteiger partial charge in [0.2, 0.25) is 0 Å². The molecule has 19 heavy (non-hydrogen) atoms. The molecule has 0 atom stereocenters. The summed E-state index contributed by atoms with van der Waals surface area (Å²) in [4.78, 5) is 15.8. The molecule has 5 heteroatoms. The number of hydrogen-bond donors (Lipinski definition) is 1. The van der Waals surface area contributed by atoms with Crippen molar-refractivity contribution in [3.05, 3.63) is 48.2 Å². The van der Waals surface area contributed by atoms with E-state index in [4.69, 9.17) is 4.74 Å². The zero-order valence-corrected chi connectivity index (χ0v) is 10.6. The van der Waals surface area contributed by atoms with Gasteiger partial charge in [-0.3, -0.25) is 4.98 Å². The third kappa shape index (κ3) is 2.40. The SMILES string of the molecule is COc1ccnc(CCc2ccnc3nc[nH]c23)c1. The van der Waals surface area contributed by atoms with Gasteiger partial charge in [-0.2, -0.15) is 0 Å². The summed E-state index contributed by atoms with van der Waals surface area (Å²) >= 11 is 0. The van der Waals surface area contributed by atoms with Crippen LogP contribution in [0.3, 0.4) is 0 Å². The summed E-state index contributed by atoms with van der Waals surface area (Å²) in [6.45, 7) is 0. The highest BCUT2D eigenvalue weighted by Crippen LogP contribution is 2.16. The van der Waals surface area contributed by atoms with Crippen LogP contribution in [0.4, 0.5) is 0 Å². The molecule has 5 nitrogen and oxygen atoms in total. The Bertz CT molecular complexity index is 692. The maximum Gasteiger partial charge on any atom is 0.177 e. The van der Waals surface area contributed by atoms with E-state index in [1.807, 2.05) is 18.2 Å². The lowest BCUT2D eigenvalue weighted by molar-refractivity contribution is 0.413. The van der Waals surface area contributed by atoms with E-state index < -0.39 is 0 Å². The number of nitrogens with one attached hydrogen (secondary N) is 1. The van der Waals surface area contributed by atoms with Crippen molar-refractivity contribution in [2.24, 2.45) is 0 Å². The van der Waals surface area contributed by atoms with Gasteiger partial charge in [-0.05, 0) is 30.5 Å². The van der Waals surface area contributed by atoms with Gasteiger partial charge in [-0.1, -0.05) is 0 Å². The average Bonchev–Trinajstić information content (AvgIpc) is 2.94. The summed E-state index contributed by atoms with van der Waals surface area (Å²) in [6, 6.07) is 5.83. The van der Waals surface area contributed by atoms with Crippen LogP contribution in [-0.4, -0.2) is 27.0 Å². The average molecular weight is 254 g/mol. The highest BCUT2D eigenvalue weighted by atomic mass is 16.5. The Kier molecular flexibility index (Phi) is 3.10. The molecule has 0 aliphatic heterocycles. The molecule has 0 spiro atoms. The van der Waals surface area contributed by atoms with E-state index in [0.717, 1.165) is 35.4 Å². The second kappa shape index (κ2) is 5.06. The molecule has 0 fully saturated rings. The van der Waals surface area contributed by atoms with Gasteiger partial charge in [-0.25, -0.2) is 9.97 Å². The van der Waals surface area contributed by atoms with Crippen LogP contribution in [0.15, 0.2) is 36.9 Å². The van der Waals surface area contributed by atoms with Crippen LogP contribution in [0, 0.1) is 0 Å². The highest BCUT2D eigenvalue weighted by Gasteiger charge is 2.05. The molecule has 0 saturated carbocycles. The number of fused-ring (bicyclic) bond motifs is 1. The van der Waals surface area contributed by atoms with E-state index in [1.165, 1.54) is 5.56 Å². The molecule has 3 heterocycles. The summed E-state index contributed by atoms with van der Waals surface area (Å²) in [5.41, 5.74) is 3.98. The lowest BCUT2D eigenvalue weighted by Gasteiger charge is -2.04. The topological polar surface area (TPSA) is 63.7 Å². The number of aromatic nitrogens is 4. The monoisotopic (exact) mass is 254 g/mol. The third-order valence-electron chi connectivity index (χ3n) is 3.09. The van der Waals surface area contributed by atoms with E-state index in [9.17, 15) is 0 Å². The first-order chi connectivity index (χ1) is 9.36. The molecule has 3 rings (SSSR count). The van der Waals surface area contributed by atoms with Crippen LogP contribution in [0.25, 0.3) is 11.2 Å². The Hall–Kier alpha value is -2.43. The van der Waals surface area contributed by atoms with Gasteiger partial charge in [0, 0.05) is 24.2 Å². The number of aromatic amines is 1. The van der Waals surface area contributed by atoms with Crippen molar-refractivity contribution in [2.75, 3.05) is 7.11 Å². The number of methoxy groups -OCH3 is 1. The fourth-order valence-corrected chi connectivity index (χ4v) is 2.09. The molecule has 0 bridgehead atoms. The molecule has 0 aliphatic carbocycles. The lowest BCUT2D eigenvalue weighted by atomic mass is 10.1. The normalized spacial score (nSPS) is 10.8. The van der Waals surface area contributed by atoms with Crippen molar-refractivity contribution in [3.63, 3.8) is 0 Å². The van der Waals surface area contributed by atoms with Crippen LogP contribution in [-0.2, 0) is 12.8 Å². The summed E-state index contributed by atoms with van der Waals surface area (Å²) in [7, 11) is 1.66. The first-order valence-corrected chi connectivity index (χ1v) is 6.12. The van der Waals surface area contributed by atoms with Crippen molar-refractivity contribution in [2.45, 2.75) is 12.8 Å². The zero-order chi connectivity index (χ0) is 13.1. The maximum absolute atomic E-state index is 5.20. The van der Waals surface area contributed by atoms with Crippen LogP contribution in [0.2, 0.25) is 0 Å².